The predicted molar refractivity (Wildman–Crippen MR) is 98.5 cm³/mol. The van der Waals surface area contributed by atoms with Crippen LogP contribution in [-0.4, -0.2) is 28.1 Å². The zero-order chi connectivity index (χ0) is 17.1. The maximum absolute atomic E-state index is 5.33. The fraction of sp³-hybridized carbons (Fsp3) is 0.286. The van der Waals surface area contributed by atoms with Crippen LogP contribution in [0.2, 0.25) is 0 Å². The summed E-state index contributed by atoms with van der Waals surface area (Å²) in [6.45, 7) is 3.06. The fourth-order valence-corrected chi connectivity index (χ4v) is 3.70. The number of ether oxygens (including phenoxy) is 1. The van der Waals surface area contributed by atoms with Gasteiger partial charge in [-0.05, 0) is 53.9 Å². The molecule has 1 unspecified atom stereocenters. The molecule has 25 heavy (non-hydrogen) atoms. The molecular formula is C21H23N3O. The number of pyridine rings is 1. The number of aryl methyl sites for hydroxylation is 1. The van der Waals surface area contributed by atoms with E-state index in [0.29, 0.717) is 0 Å². The normalized spacial score (nSPS) is 17.7. The van der Waals surface area contributed by atoms with Crippen LogP contribution < -0.4 is 4.74 Å². The quantitative estimate of drug-likeness (QED) is 0.726. The van der Waals surface area contributed by atoms with E-state index in [1.807, 2.05) is 12.4 Å². The molecule has 4 heteroatoms. The minimum Gasteiger partial charge on any atom is -0.497 e. The number of rotatable bonds is 4. The van der Waals surface area contributed by atoms with Gasteiger partial charge in [-0.25, -0.2) is 0 Å². The lowest BCUT2D eigenvalue weighted by atomic mass is 10.0. The molecule has 0 saturated heterocycles. The van der Waals surface area contributed by atoms with E-state index < -0.39 is 0 Å². The van der Waals surface area contributed by atoms with Gasteiger partial charge in [-0.1, -0.05) is 12.1 Å². The first-order valence-corrected chi connectivity index (χ1v) is 8.77. The van der Waals surface area contributed by atoms with E-state index in [0.717, 1.165) is 31.8 Å². The number of hydrogen-bond acceptors (Lipinski definition) is 3. The van der Waals surface area contributed by atoms with Crippen LogP contribution in [0.25, 0.3) is 0 Å². The minimum absolute atomic E-state index is 0.247. The monoisotopic (exact) mass is 333 g/mol. The van der Waals surface area contributed by atoms with Crippen molar-refractivity contribution in [3.63, 3.8) is 0 Å². The lowest BCUT2D eigenvalue weighted by Crippen LogP contribution is -2.29. The largest absolute Gasteiger partial charge is 0.497 e. The Labute approximate surface area is 148 Å². The average Bonchev–Trinajstić information content (AvgIpc) is 3.04. The van der Waals surface area contributed by atoms with Crippen molar-refractivity contribution in [2.45, 2.75) is 25.6 Å². The van der Waals surface area contributed by atoms with Gasteiger partial charge < -0.3 is 9.30 Å². The zero-order valence-corrected chi connectivity index (χ0v) is 14.5. The summed E-state index contributed by atoms with van der Waals surface area (Å²) in [6.07, 6.45) is 7.09. The third-order valence-corrected chi connectivity index (χ3v) is 4.92. The van der Waals surface area contributed by atoms with Gasteiger partial charge in [0.2, 0.25) is 0 Å². The summed E-state index contributed by atoms with van der Waals surface area (Å²) in [5, 5.41) is 0. The standard InChI is InChI=1S/C21H23N3O/c1-25-19-7-5-18(6-8-19)21-20-4-2-13-23(20)14-3-15-24(21)16-17-9-11-22-12-10-17/h2,4-13,21H,3,14-16H2,1H3. The van der Waals surface area contributed by atoms with Crippen LogP contribution in [0.1, 0.15) is 29.3 Å². The van der Waals surface area contributed by atoms with Crippen LogP contribution in [0.15, 0.2) is 67.1 Å². The van der Waals surface area contributed by atoms with Gasteiger partial charge in [-0.15, -0.1) is 0 Å². The molecule has 3 aromatic rings. The molecular weight excluding hydrogens is 310 g/mol. The summed E-state index contributed by atoms with van der Waals surface area (Å²) in [6, 6.07) is 17.3. The van der Waals surface area contributed by atoms with Gasteiger partial charge in [-0.2, -0.15) is 0 Å². The Hall–Kier alpha value is -2.59. The van der Waals surface area contributed by atoms with Crippen LogP contribution in [0, 0.1) is 0 Å². The van der Waals surface area contributed by atoms with Crippen LogP contribution in [0.3, 0.4) is 0 Å². The molecule has 1 aliphatic rings. The average molecular weight is 333 g/mol. The van der Waals surface area contributed by atoms with E-state index in [4.69, 9.17) is 4.74 Å². The van der Waals surface area contributed by atoms with Crippen molar-refractivity contribution in [2.75, 3.05) is 13.7 Å². The van der Waals surface area contributed by atoms with E-state index in [1.165, 1.54) is 16.8 Å². The molecule has 128 valence electrons. The number of methoxy groups -OCH3 is 1. The number of aromatic nitrogens is 2. The van der Waals surface area contributed by atoms with Gasteiger partial charge in [0.1, 0.15) is 5.75 Å². The Balaban J connectivity index is 1.72. The second-order valence-electron chi connectivity index (χ2n) is 6.48. The molecule has 3 heterocycles. The highest BCUT2D eigenvalue weighted by molar-refractivity contribution is 5.34. The van der Waals surface area contributed by atoms with Crippen molar-refractivity contribution in [3.8, 4) is 5.75 Å². The van der Waals surface area contributed by atoms with Gasteiger partial charge in [-0.3, -0.25) is 9.88 Å². The van der Waals surface area contributed by atoms with Crippen molar-refractivity contribution in [3.05, 3.63) is 83.9 Å². The molecule has 2 aromatic heterocycles. The third kappa shape index (κ3) is 3.30. The number of fused-ring (bicyclic) bond motifs is 1. The molecule has 4 nitrogen and oxygen atoms in total. The first-order valence-electron chi connectivity index (χ1n) is 8.77. The van der Waals surface area contributed by atoms with Gasteiger partial charge in [0, 0.05) is 43.9 Å². The van der Waals surface area contributed by atoms with Gasteiger partial charge in [0.15, 0.2) is 0 Å². The van der Waals surface area contributed by atoms with Crippen LogP contribution in [0.5, 0.6) is 5.75 Å². The van der Waals surface area contributed by atoms with Gasteiger partial charge in [0.25, 0.3) is 0 Å². The summed E-state index contributed by atoms with van der Waals surface area (Å²) in [7, 11) is 1.71. The topological polar surface area (TPSA) is 30.3 Å². The molecule has 0 radical (unpaired) electrons. The van der Waals surface area contributed by atoms with Crippen molar-refractivity contribution in [1.82, 2.24) is 14.5 Å². The van der Waals surface area contributed by atoms with E-state index in [9.17, 15) is 0 Å². The Kier molecular flexibility index (Phi) is 4.53. The Bertz CT molecular complexity index is 811. The Morgan fingerprint density at radius 3 is 2.60 bits per heavy atom. The molecule has 0 N–H and O–H groups in total. The smallest absolute Gasteiger partial charge is 0.118 e. The zero-order valence-electron chi connectivity index (χ0n) is 14.5. The summed E-state index contributed by atoms with van der Waals surface area (Å²) in [5.74, 6) is 0.897. The van der Waals surface area contributed by atoms with Crippen molar-refractivity contribution in [1.29, 1.82) is 0 Å². The van der Waals surface area contributed by atoms with Crippen molar-refractivity contribution in [2.24, 2.45) is 0 Å². The van der Waals surface area contributed by atoms with E-state index in [-0.39, 0.29) is 6.04 Å². The molecule has 0 bridgehead atoms. The fourth-order valence-electron chi connectivity index (χ4n) is 3.70. The molecule has 4 rings (SSSR count). The summed E-state index contributed by atoms with van der Waals surface area (Å²) in [4.78, 5) is 6.71. The van der Waals surface area contributed by atoms with Crippen molar-refractivity contribution >= 4 is 0 Å². The summed E-state index contributed by atoms with van der Waals surface area (Å²) < 4.78 is 7.72. The predicted octanol–water partition coefficient (Wildman–Crippen LogP) is 3.89. The molecule has 1 aliphatic heterocycles. The van der Waals surface area contributed by atoms with Crippen LogP contribution in [0.4, 0.5) is 0 Å². The minimum atomic E-state index is 0.247. The highest BCUT2D eigenvalue weighted by atomic mass is 16.5. The van der Waals surface area contributed by atoms with E-state index in [2.05, 4.69) is 69.2 Å². The maximum atomic E-state index is 5.33. The molecule has 1 atom stereocenters. The third-order valence-electron chi connectivity index (χ3n) is 4.92. The van der Waals surface area contributed by atoms with Crippen LogP contribution in [-0.2, 0) is 13.1 Å². The molecule has 0 spiro atoms. The second kappa shape index (κ2) is 7.11. The lowest BCUT2D eigenvalue weighted by Gasteiger charge is -2.30. The highest BCUT2D eigenvalue weighted by Gasteiger charge is 2.27. The second-order valence-corrected chi connectivity index (χ2v) is 6.48. The molecule has 0 fully saturated rings. The van der Waals surface area contributed by atoms with Crippen LogP contribution >= 0.6 is 0 Å². The molecule has 0 amide bonds. The Morgan fingerprint density at radius 2 is 1.84 bits per heavy atom. The van der Waals surface area contributed by atoms with E-state index >= 15 is 0 Å². The first-order chi connectivity index (χ1) is 12.3. The maximum Gasteiger partial charge on any atom is 0.118 e. The summed E-state index contributed by atoms with van der Waals surface area (Å²) >= 11 is 0. The van der Waals surface area contributed by atoms with E-state index in [1.54, 1.807) is 7.11 Å². The Morgan fingerprint density at radius 1 is 1.04 bits per heavy atom. The molecule has 0 saturated carbocycles. The highest BCUT2D eigenvalue weighted by Crippen LogP contribution is 2.33. The summed E-state index contributed by atoms with van der Waals surface area (Å²) in [5.41, 5.74) is 3.96. The first kappa shape index (κ1) is 15.9. The molecule has 1 aromatic carbocycles. The number of hydrogen-bond donors (Lipinski definition) is 0. The van der Waals surface area contributed by atoms with Gasteiger partial charge in [0.05, 0.1) is 13.2 Å². The number of nitrogens with zero attached hydrogens (tertiary/aromatic N) is 3. The van der Waals surface area contributed by atoms with Gasteiger partial charge >= 0.3 is 0 Å². The molecule has 0 aliphatic carbocycles. The SMILES string of the molecule is COc1ccc(C2c3cccn3CCCN2Cc2ccncc2)cc1. The van der Waals surface area contributed by atoms with Crippen molar-refractivity contribution < 1.29 is 4.74 Å². The lowest BCUT2D eigenvalue weighted by molar-refractivity contribution is 0.220. The number of benzene rings is 1.